The second kappa shape index (κ2) is 7.14. The summed E-state index contributed by atoms with van der Waals surface area (Å²) >= 11 is 0. The summed E-state index contributed by atoms with van der Waals surface area (Å²) in [7, 11) is 0. The largest absolute Gasteiger partial charge is 0.370 e. The third-order valence-electron chi connectivity index (χ3n) is 4.82. The normalized spacial score (nSPS) is 23.3. The fourth-order valence-corrected chi connectivity index (χ4v) is 3.48. The average molecular weight is 302 g/mol. The van der Waals surface area contributed by atoms with Crippen molar-refractivity contribution >= 4 is 6.03 Å². The Bertz CT molecular complexity index is 512. The van der Waals surface area contributed by atoms with Crippen molar-refractivity contribution in [2.45, 2.75) is 51.2 Å². The average Bonchev–Trinajstić information content (AvgIpc) is 2.56. The number of nitrogens with zero attached hydrogens (tertiary/aromatic N) is 1. The molecule has 1 atom stereocenters. The fourth-order valence-electron chi connectivity index (χ4n) is 3.48. The first-order valence-corrected chi connectivity index (χ1v) is 8.46. The number of morpholine rings is 1. The molecule has 0 aromatic heterocycles. The molecule has 1 aromatic carbocycles. The number of amides is 2. The first kappa shape index (κ1) is 15.3. The number of aryl methyl sites for hydroxylation is 1. The molecule has 1 N–H and O–H groups in total. The second-order valence-corrected chi connectivity index (χ2v) is 6.45. The lowest BCUT2D eigenvalue weighted by molar-refractivity contribution is -0.0162. The summed E-state index contributed by atoms with van der Waals surface area (Å²) in [6.45, 7) is 4.03. The number of urea groups is 1. The summed E-state index contributed by atoms with van der Waals surface area (Å²) in [4.78, 5) is 14.4. The van der Waals surface area contributed by atoms with Gasteiger partial charge in [-0.25, -0.2) is 4.79 Å². The molecule has 2 fully saturated rings. The van der Waals surface area contributed by atoms with Gasteiger partial charge in [0, 0.05) is 12.6 Å². The molecule has 1 aliphatic carbocycles. The number of carbonyl (C=O) groups is 1. The highest BCUT2D eigenvalue weighted by molar-refractivity contribution is 5.74. The van der Waals surface area contributed by atoms with Crippen LogP contribution in [0.2, 0.25) is 0 Å². The van der Waals surface area contributed by atoms with Crippen LogP contribution in [-0.4, -0.2) is 36.7 Å². The fraction of sp³-hybridized carbons (Fsp3) is 0.611. The van der Waals surface area contributed by atoms with Crippen LogP contribution in [-0.2, 0) is 4.74 Å². The van der Waals surface area contributed by atoms with Gasteiger partial charge in [-0.1, -0.05) is 43.5 Å². The molecule has 0 spiro atoms. The maximum atomic E-state index is 12.5. The van der Waals surface area contributed by atoms with Crippen LogP contribution in [0, 0.1) is 6.92 Å². The SMILES string of the molecule is Cc1ccccc1C1CN(C(=O)NC2CCCCC2)CCO1. The van der Waals surface area contributed by atoms with E-state index in [1.165, 1.54) is 30.4 Å². The van der Waals surface area contributed by atoms with Crippen molar-refractivity contribution in [3.05, 3.63) is 35.4 Å². The van der Waals surface area contributed by atoms with Gasteiger partial charge in [-0.3, -0.25) is 0 Å². The van der Waals surface area contributed by atoms with E-state index in [1.807, 2.05) is 17.0 Å². The molecule has 0 bridgehead atoms. The lowest BCUT2D eigenvalue weighted by atomic mass is 9.96. The molecule has 120 valence electrons. The van der Waals surface area contributed by atoms with E-state index in [1.54, 1.807) is 0 Å². The molecule has 2 aliphatic rings. The quantitative estimate of drug-likeness (QED) is 0.909. The lowest BCUT2D eigenvalue weighted by Gasteiger charge is -2.35. The van der Waals surface area contributed by atoms with Crippen LogP contribution in [0.4, 0.5) is 4.79 Å². The Kier molecular flexibility index (Phi) is 4.98. The molecular weight excluding hydrogens is 276 g/mol. The summed E-state index contributed by atoms with van der Waals surface area (Å²) in [6.07, 6.45) is 6.01. The van der Waals surface area contributed by atoms with E-state index < -0.39 is 0 Å². The molecule has 4 heteroatoms. The summed E-state index contributed by atoms with van der Waals surface area (Å²) in [6, 6.07) is 8.71. The van der Waals surface area contributed by atoms with Crippen molar-refractivity contribution in [2.24, 2.45) is 0 Å². The molecular formula is C18H26N2O2. The predicted molar refractivity (Wildman–Crippen MR) is 86.8 cm³/mol. The van der Waals surface area contributed by atoms with Gasteiger partial charge in [0.2, 0.25) is 0 Å². The number of ether oxygens (including phenoxy) is 1. The predicted octanol–water partition coefficient (Wildman–Crippen LogP) is 3.41. The number of nitrogens with one attached hydrogen (secondary N) is 1. The van der Waals surface area contributed by atoms with E-state index in [4.69, 9.17) is 4.74 Å². The van der Waals surface area contributed by atoms with Crippen LogP contribution >= 0.6 is 0 Å². The molecule has 2 amide bonds. The molecule has 0 radical (unpaired) electrons. The van der Waals surface area contributed by atoms with Gasteiger partial charge < -0.3 is 15.0 Å². The van der Waals surface area contributed by atoms with Crippen molar-refractivity contribution < 1.29 is 9.53 Å². The van der Waals surface area contributed by atoms with E-state index in [9.17, 15) is 4.79 Å². The molecule has 1 unspecified atom stereocenters. The van der Waals surface area contributed by atoms with E-state index in [0.717, 1.165) is 12.8 Å². The third kappa shape index (κ3) is 3.61. The summed E-state index contributed by atoms with van der Waals surface area (Å²) < 4.78 is 5.89. The second-order valence-electron chi connectivity index (χ2n) is 6.45. The molecule has 3 rings (SSSR count). The number of rotatable bonds is 2. The van der Waals surface area contributed by atoms with Crippen LogP contribution in [0.25, 0.3) is 0 Å². The number of hydrogen-bond donors (Lipinski definition) is 1. The van der Waals surface area contributed by atoms with Crippen LogP contribution in [0.1, 0.15) is 49.3 Å². The standard InChI is InChI=1S/C18H26N2O2/c1-14-7-5-6-10-16(14)17-13-20(11-12-22-17)18(21)19-15-8-3-2-4-9-15/h5-7,10,15,17H,2-4,8-9,11-13H2,1H3,(H,19,21). The Morgan fingerprint density at radius 2 is 2.00 bits per heavy atom. The van der Waals surface area contributed by atoms with Crippen molar-refractivity contribution in [3.63, 3.8) is 0 Å². The van der Waals surface area contributed by atoms with Crippen LogP contribution in [0.3, 0.4) is 0 Å². The van der Waals surface area contributed by atoms with Crippen molar-refractivity contribution in [2.75, 3.05) is 19.7 Å². The molecule has 1 saturated carbocycles. The van der Waals surface area contributed by atoms with E-state index in [0.29, 0.717) is 25.7 Å². The Morgan fingerprint density at radius 1 is 1.23 bits per heavy atom. The van der Waals surface area contributed by atoms with Crippen molar-refractivity contribution in [1.29, 1.82) is 0 Å². The van der Waals surface area contributed by atoms with Gasteiger partial charge in [0.15, 0.2) is 0 Å². The minimum Gasteiger partial charge on any atom is -0.370 e. The van der Waals surface area contributed by atoms with Gasteiger partial charge in [-0.2, -0.15) is 0 Å². The van der Waals surface area contributed by atoms with E-state index >= 15 is 0 Å². The van der Waals surface area contributed by atoms with Gasteiger partial charge in [-0.15, -0.1) is 0 Å². The number of benzene rings is 1. The van der Waals surface area contributed by atoms with Crippen LogP contribution in [0.5, 0.6) is 0 Å². The Hall–Kier alpha value is -1.55. The highest BCUT2D eigenvalue weighted by Gasteiger charge is 2.27. The molecule has 1 heterocycles. The van der Waals surface area contributed by atoms with Gasteiger partial charge in [-0.05, 0) is 30.9 Å². The minimum absolute atomic E-state index is 0.00736. The lowest BCUT2D eigenvalue weighted by Crippen LogP contribution is -2.50. The molecule has 22 heavy (non-hydrogen) atoms. The van der Waals surface area contributed by atoms with Gasteiger partial charge in [0.25, 0.3) is 0 Å². The third-order valence-corrected chi connectivity index (χ3v) is 4.82. The molecule has 1 saturated heterocycles. The van der Waals surface area contributed by atoms with Gasteiger partial charge in [0.1, 0.15) is 6.10 Å². The molecule has 1 aromatic rings. The van der Waals surface area contributed by atoms with E-state index in [2.05, 4.69) is 24.4 Å². The first-order chi connectivity index (χ1) is 10.7. The minimum atomic E-state index is -0.00736. The topological polar surface area (TPSA) is 41.6 Å². The van der Waals surface area contributed by atoms with Crippen LogP contribution < -0.4 is 5.32 Å². The first-order valence-electron chi connectivity index (χ1n) is 8.46. The zero-order valence-corrected chi connectivity index (χ0v) is 13.4. The Morgan fingerprint density at radius 3 is 2.77 bits per heavy atom. The van der Waals surface area contributed by atoms with Gasteiger partial charge in [0.05, 0.1) is 13.2 Å². The number of hydrogen-bond acceptors (Lipinski definition) is 2. The number of carbonyl (C=O) groups excluding carboxylic acids is 1. The monoisotopic (exact) mass is 302 g/mol. The summed E-state index contributed by atoms with van der Waals surface area (Å²) in [5.74, 6) is 0. The van der Waals surface area contributed by atoms with Crippen LogP contribution in [0.15, 0.2) is 24.3 Å². The highest BCUT2D eigenvalue weighted by atomic mass is 16.5. The van der Waals surface area contributed by atoms with Crippen molar-refractivity contribution in [3.8, 4) is 0 Å². The maximum absolute atomic E-state index is 12.5. The smallest absolute Gasteiger partial charge is 0.317 e. The zero-order chi connectivity index (χ0) is 15.4. The molecule has 4 nitrogen and oxygen atoms in total. The summed E-state index contributed by atoms with van der Waals surface area (Å²) in [5.41, 5.74) is 2.42. The zero-order valence-electron chi connectivity index (χ0n) is 13.4. The molecule has 1 aliphatic heterocycles. The van der Waals surface area contributed by atoms with Gasteiger partial charge >= 0.3 is 6.03 Å². The Balaban J connectivity index is 1.60. The van der Waals surface area contributed by atoms with E-state index in [-0.39, 0.29) is 12.1 Å². The highest BCUT2D eigenvalue weighted by Crippen LogP contribution is 2.25. The van der Waals surface area contributed by atoms with Crippen molar-refractivity contribution in [1.82, 2.24) is 10.2 Å². The Labute approximate surface area is 132 Å². The maximum Gasteiger partial charge on any atom is 0.317 e. The summed E-state index contributed by atoms with van der Waals surface area (Å²) in [5, 5.41) is 3.21.